The Morgan fingerprint density at radius 2 is 1.82 bits per heavy atom. The van der Waals surface area contributed by atoms with E-state index in [1.54, 1.807) is 13.2 Å². The van der Waals surface area contributed by atoms with Crippen LogP contribution in [0.3, 0.4) is 0 Å². The van der Waals surface area contributed by atoms with Crippen molar-refractivity contribution in [3.63, 3.8) is 0 Å². The van der Waals surface area contributed by atoms with Gasteiger partial charge in [0.2, 0.25) is 0 Å². The lowest BCUT2D eigenvalue weighted by Gasteiger charge is -2.37. The van der Waals surface area contributed by atoms with Gasteiger partial charge in [-0.3, -0.25) is 4.90 Å². The number of para-hydroxylation sites is 1. The van der Waals surface area contributed by atoms with Crippen molar-refractivity contribution in [3.8, 4) is 0 Å². The molecule has 28 heavy (non-hydrogen) atoms. The number of anilines is 1. The normalized spacial score (nSPS) is 16.8. The number of rotatable bonds is 6. The molecule has 5 nitrogen and oxygen atoms in total. The summed E-state index contributed by atoms with van der Waals surface area (Å²) in [5, 5.41) is 4.29. The summed E-state index contributed by atoms with van der Waals surface area (Å²) < 4.78 is 10.4. The van der Waals surface area contributed by atoms with Gasteiger partial charge < -0.3 is 14.8 Å². The summed E-state index contributed by atoms with van der Waals surface area (Å²) in [6.07, 6.45) is 0. The van der Waals surface area contributed by atoms with Crippen molar-refractivity contribution in [2.75, 3.05) is 25.2 Å². The van der Waals surface area contributed by atoms with Gasteiger partial charge in [0, 0.05) is 23.5 Å². The molecule has 2 aromatic carbocycles. The van der Waals surface area contributed by atoms with Gasteiger partial charge in [0.25, 0.3) is 0 Å². The van der Waals surface area contributed by atoms with Gasteiger partial charge in [0.15, 0.2) is 5.11 Å². The van der Waals surface area contributed by atoms with Crippen molar-refractivity contribution in [3.05, 3.63) is 76.5 Å². The Morgan fingerprint density at radius 1 is 1.14 bits per heavy atom. The predicted molar refractivity (Wildman–Crippen MR) is 114 cm³/mol. The Hall–Kier alpha value is -2.41. The molecule has 1 atom stereocenters. The third kappa shape index (κ3) is 4.19. The number of nitrogens with one attached hydrogen (secondary N) is 1. The van der Waals surface area contributed by atoms with Crippen LogP contribution in [0.2, 0.25) is 5.02 Å². The lowest BCUT2D eigenvalue weighted by Crippen LogP contribution is -2.48. The Balaban J connectivity index is 2.08. The summed E-state index contributed by atoms with van der Waals surface area (Å²) in [6, 6.07) is 16.5. The molecule has 3 rings (SSSR count). The van der Waals surface area contributed by atoms with Crippen molar-refractivity contribution >= 4 is 40.6 Å². The maximum absolute atomic E-state index is 13.0. The highest BCUT2D eigenvalue weighted by molar-refractivity contribution is 7.80. The molecule has 0 saturated heterocycles. The van der Waals surface area contributed by atoms with Crippen molar-refractivity contribution in [1.82, 2.24) is 5.32 Å². The van der Waals surface area contributed by atoms with Crippen LogP contribution in [-0.2, 0) is 14.3 Å². The number of allylic oxidation sites excluding steroid dienone is 1. The number of hydrogen-bond acceptors (Lipinski definition) is 4. The molecule has 0 aromatic heterocycles. The van der Waals surface area contributed by atoms with E-state index in [2.05, 4.69) is 5.32 Å². The fourth-order valence-electron chi connectivity index (χ4n) is 3.13. The molecule has 0 fully saturated rings. The van der Waals surface area contributed by atoms with Crippen molar-refractivity contribution < 1.29 is 14.3 Å². The summed E-state index contributed by atoms with van der Waals surface area (Å²) in [6.45, 7) is 2.34. The van der Waals surface area contributed by atoms with Gasteiger partial charge in [-0.05, 0) is 42.9 Å². The Labute approximate surface area is 174 Å². The number of esters is 1. The lowest BCUT2D eigenvalue weighted by atomic mass is 9.94. The van der Waals surface area contributed by atoms with Crippen LogP contribution in [0.15, 0.2) is 65.9 Å². The second-order valence-electron chi connectivity index (χ2n) is 6.20. The first-order chi connectivity index (χ1) is 13.5. The Bertz CT molecular complexity index is 902. The first kappa shape index (κ1) is 20.3. The van der Waals surface area contributed by atoms with Gasteiger partial charge in [-0.15, -0.1) is 0 Å². The monoisotopic (exact) mass is 416 g/mol. The topological polar surface area (TPSA) is 50.8 Å². The zero-order valence-electron chi connectivity index (χ0n) is 15.6. The van der Waals surface area contributed by atoms with Crippen LogP contribution in [0.4, 0.5) is 5.69 Å². The molecule has 0 aliphatic carbocycles. The molecule has 0 radical (unpaired) electrons. The first-order valence-corrected chi connectivity index (χ1v) is 9.60. The lowest BCUT2D eigenvalue weighted by molar-refractivity contribution is -0.140. The highest BCUT2D eigenvalue weighted by Crippen LogP contribution is 2.36. The van der Waals surface area contributed by atoms with Crippen LogP contribution in [-0.4, -0.2) is 31.4 Å². The van der Waals surface area contributed by atoms with Gasteiger partial charge in [0.1, 0.15) is 6.61 Å². The fourth-order valence-corrected chi connectivity index (χ4v) is 3.74. The summed E-state index contributed by atoms with van der Waals surface area (Å²) >= 11 is 12.0. The zero-order chi connectivity index (χ0) is 20.1. The molecular formula is C21H21ClN2O3S. The van der Waals surface area contributed by atoms with E-state index in [1.807, 2.05) is 60.4 Å². The number of hydrogen-bond donors (Lipinski definition) is 1. The number of carbonyl (C=O) groups is 1. The highest BCUT2D eigenvalue weighted by Gasteiger charge is 2.36. The molecule has 1 aliphatic heterocycles. The number of thiocarbonyl (C=S) groups is 1. The molecule has 0 bridgehead atoms. The van der Waals surface area contributed by atoms with Gasteiger partial charge >= 0.3 is 5.97 Å². The Morgan fingerprint density at radius 3 is 2.50 bits per heavy atom. The van der Waals surface area contributed by atoms with Crippen LogP contribution >= 0.6 is 23.8 Å². The number of nitrogens with zero attached hydrogens (tertiary/aromatic N) is 1. The predicted octanol–water partition coefficient (Wildman–Crippen LogP) is 4.24. The molecule has 0 saturated carbocycles. The van der Waals surface area contributed by atoms with Crippen LogP contribution in [0, 0.1) is 0 Å². The van der Waals surface area contributed by atoms with Gasteiger partial charge in [0.05, 0.1) is 18.2 Å². The number of ether oxygens (including phenoxy) is 2. The average Bonchev–Trinajstić information content (AvgIpc) is 2.69. The molecular weight excluding hydrogens is 396 g/mol. The van der Waals surface area contributed by atoms with Crippen molar-refractivity contribution in [2.45, 2.75) is 13.0 Å². The van der Waals surface area contributed by atoms with Crippen molar-refractivity contribution in [1.29, 1.82) is 0 Å². The highest BCUT2D eigenvalue weighted by atomic mass is 35.5. The molecule has 7 heteroatoms. The minimum Gasteiger partial charge on any atom is -0.460 e. The van der Waals surface area contributed by atoms with Crippen LogP contribution < -0.4 is 10.2 Å². The second-order valence-corrected chi connectivity index (χ2v) is 7.00. The quantitative estimate of drug-likeness (QED) is 0.432. The van der Waals surface area contributed by atoms with E-state index < -0.39 is 12.0 Å². The minimum absolute atomic E-state index is 0.164. The van der Waals surface area contributed by atoms with Crippen LogP contribution in [0.25, 0.3) is 0 Å². The molecule has 1 aliphatic rings. The van der Waals surface area contributed by atoms with E-state index in [4.69, 9.17) is 33.3 Å². The molecule has 2 aromatic rings. The fraction of sp³-hybridized carbons (Fsp3) is 0.238. The molecule has 0 unspecified atom stereocenters. The van der Waals surface area contributed by atoms with E-state index in [0.717, 1.165) is 11.3 Å². The molecule has 1 heterocycles. The molecule has 146 valence electrons. The van der Waals surface area contributed by atoms with Gasteiger partial charge in [-0.2, -0.15) is 0 Å². The second kappa shape index (κ2) is 9.19. The van der Waals surface area contributed by atoms with E-state index in [0.29, 0.717) is 28.0 Å². The van der Waals surface area contributed by atoms with Crippen LogP contribution in [0.5, 0.6) is 0 Å². The number of carbonyl (C=O) groups excluding carboxylic acids is 1. The molecule has 0 spiro atoms. The molecule has 1 N–H and O–H groups in total. The standard InChI is InChI=1S/C21H21ClN2O3S/c1-14-18(20(25)27-13-12-26-2)19(16-10-6-7-11-17(16)22)23-21(28)24(14)15-8-4-3-5-9-15/h3-11,19H,12-13H2,1-2H3,(H,23,28)/t19-/m0/s1. The maximum Gasteiger partial charge on any atom is 0.338 e. The third-order valence-corrected chi connectivity index (χ3v) is 5.10. The van der Waals surface area contributed by atoms with E-state index >= 15 is 0 Å². The number of halogens is 1. The van der Waals surface area contributed by atoms with E-state index in [-0.39, 0.29) is 6.61 Å². The summed E-state index contributed by atoms with van der Waals surface area (Å²) in [7, 11) is 1.56. The number of methoxy groups -OCH3 is 1. The summed E-state index contributed by atoms with van der Waals surface area (Å²) in [5.41, 5.74) is 2.78. The maximum atomic E-state index is 13.0. The smallest absolute Gasteiger partial charge is 0.338 e. The van der Waals surface area contributed by atoms with Gasteiger partial charge in [-0.25, -0.2) is 4.79 Å². The molecule has 0 amide bonds. The van der Waals surface area contributed by atoms with E-state index in [1.165, 1.54) is 0 Å². The SMILES string of the molecule is COCCOC(=O)C1=C(C)N(c2ccccc2)C(=S)N[C@H]1c1ccccc1Cl. The van der Waals surface area contributed by atoms with Crippen LogP contribution in [0.1, 0.15) is 18.5 Å². The Kier molecular flexibility index (Phi) is 6.67. The largest absolute Gasteiger partial charge is 0.460 e. The average molecular weight is 417 g/mol. The van der Waals surface area contributed by atoms with Gasteiger partial charge in [-0.1, -0.05) is 48.0 Å². The van der Waals surface area contributed by atoms with Crippen molar-refractivity contribution in [2.24, 2.45) is 0 Å². The summed E-state index contributed by atoms with van der Waals surface area (Å²) in [4.78, 5) is 14.8. The summed E-state index contributed by atoms with van der Waals surface area (Å²) in [5.74, 6) is -0.435. The zero-order valence-corrected chi connectivity index (χ0v) is 17.2. The first-order valence-electron chi connectivity index (χ1n) is 8.81. The minimum atomic E-state index is -0.504. The van der Waals surface area contributed by atoms with E-state index in [9.17, 15) is 4.79 Å². The number of benzene rings is 2. The third-order valence-electron chi connectivity index (χ3n) is 4.46.